The maximum absolute atomic E-state index is 11.7. The van der Waals surface area contributed by atoms with Gasteiger partial charge in [-0.05, 0) is 57.5 Å². The second-order valence-corrected chi connectivity index (χ2v) is 5.06. The molecule has 0 spiro atoms. The maximum Gasteiger partial charge on any atom is 0.220 e. The second kappa shape index (κ2) is 9.37. The number of carbonyl (C=O) groups excluding carboxylic acids is 1. The summed E-state index contributed by atoms with van der Waals surface area (Å²) in [6.07, 6.45) is 3.38. The molecule has 0 aliphatic rings. The SMILES string of the molecule is CNCCCC(=O)NC(C)CCc1ccc(OC)cc1. The molecule has 1 rings (SSSR count). The summed E-state index contributed by atoms with van der Waals surface area (Å²) >= 11 is 0. The zero-order valence-electron chi connectivity index (χ0n) is 12.7. The minimum absolute atomic E-state index is 0.141. The molecule has 0 radical (unpaired) electrons. The Morgan fingerprint density at radius 1 is 1.30 bits per heavy atom. The predicted molar refractivity (Wildman–Crippen MR) is 82.1 cm³/mol. The highest BCUT2D eigenvalue weighted by Gasteiger charge is 2.07. The van der Waals surface area contributed by atoms with Gasteiger partial charge in [-0.1, -0.05) is 12.1 Å². The Bertz CT molecular complexity index is 390. The van der Waals surface area contributed by atoms with E-state index in [2.05, 4.69) is 29.7 Å². The molecule has 4 heteroatoms. The summed E-state index contributed by atoms with van der Waals surface area (Å²) in [5.74, 6) is 1.02. The fraction of sp³-hybridized carbons (Fsp3) is 0.562. The van der Waals surface area contributed by atoms with Crippen molar-refractivity contribution in [1.82, 2.24) is 10.6 Å². The third kappa shape index (κ3) is 6.57. The molecule has 1 aromatic rings. The van der Waals surface area contributed by atoms with Gasteiger partial charge in [0.25, 0.3) is 0 Å². The third-order valence-electron chi connectivity index (χ3n) is 3.26. The zero-order chi connectivity index (χ0) is 14.8. The molecule has 0 heterocycles. The van der Waals surface area contributed by atoms with Crippen LogP contribution in [0.4, 0.5) is 0 Å². The maximum atomic E-state index is 11.7. The summed E-state index contributed by atoms with van der Waals surface area (Å²) in [6, 6.07) is 8.28. The summed E-state index contributed by atoms with van der Waals surface area (Å²) in [5, 5.41) is 6.08. The lowest BCUT2D eigenvalue weighted by atomic mass is 10.1. The van der Waals surface area contributed by atoms with Crippen LogP contribution in [0.1, 0.15) is 31.7 Å². The smallest absolute Gasteiger partial charge is 0.220 e. The summed E-state index contributed by atoms with van der Waals surface area (Å²) in [4.78, 5) is 11.7. The summed E-state index contributed by atoms with van der Waals surface area (Å²) in [5.41, 5.74) is 1.27. The van der Waals surface area contributed by atoms with Gasteiger partial charge in [-0.3, -0.25) is 4.79 Å². The number of carbonyl (C=O) groups is 1. The topological polar surface area (TPSA) is 50.4 Å². The van der Waals surface area contributed by atoms with Gasteiger partial charge in [0.15, 0.2) is 0 Å². The molecule has 1 unspecified atom stereocenters. The van der Waals surface area contributed by atoms with Crippen molar-refractivity contribution >= 4 is 5.91 Å². The van der Waals surface area contributed by atoms with E-state index in [-0.39, 0.29) is 11.9 Å². The van der Waals surface area contributed by atoms with Gasteiger partial charge in [0.05, 0.1) is 7.11 Å². The van der Waals surface area contributed by atoms with E-state index in [1.54, 1.807) is 7.11 Å². The fourth-order valence-corrected chi connectivity index (χ4v) is 2.02. The Balaban J connectivity index is 2.24. The second-order valence-electron chi connectivity index (χ2n) is 5.06. The quantitative estimate of drug-likeness (QED) is 0.680. The van der Waals surface area contributed by atoms with Crippen molar-refractivity contribution in [3.63, 3.8) is 0 Å². The lowest BCUT2D eigenvalue weighted by Crippen LogP contribution is -2.33. The van der Waals surface area contributed by atoms with Crippen molar-refractivity contribution in [2.45, 2.75) is 38.6 Å². The molecule has 1 atom stereocenters. The number of benzene rings is 1. The number of nitrogens with one attached hydrogen (secondary N) is 2. The molecule has 0 saturated heterocycles. The van der Waals surface area contributed by atoms with Crippen LogP contribution in [0.15, 0.2) is 24.3 Å². The van der Waals surface area contributed by atoms with Gasteiger partial charge >= 0.3 is 0 Å². The molecule has 0 fully saturated rings. The van der Waals surface area contributed by atoms with E-state index in [4.69, 9.17) is 4.74 Å². The average molecular weight is 278 g/mol. The van der Waals surface area contributed by atoms with Crippen LogP contribution < -0.4 is 15.4 Å². The highest BCUT2D eigenvalue weighted by Crippen LogP contribution is 2.13. The van der Waals surface area contributed by atoms with Crippen LogP contribution in [0.25, 0.3) is 0 Å². The molecule has 0 aliphatic heterocycles. The van der Waals surface area contributed by atoms with Gasteiger partial charge < -0.3 is 15.4 Å². The van der Waals surface area contributed by atoms with E-state index >= 15 is 0 Å². The fourth-order valence-electron chi connectivity index (χ4n) is 2.02. The Morgan fingerprint density at radius 2 is 2.00 bits per heavy atom. The molecule has 0 saturated carbocycles. The molecule has 0 aliphatic carbocycles. The summed E-state index contributed by atoms with van der Waals surface area (Å²) in [7, 11) is 3.57. The van der Waals surface area contributed by atoms with Crippen LogP contribution in [-0.2, 0) is 11.2 Å². The third-order valence-corrected chi connectivity index (χ3v) is 3.26. The Kier molecular flexibility index (Phi) is 7.73. The number of hydrogen-bond donors (Lipinski definition) is 2. The van der Waals surface area contributed by atoms with E-state index in [9.17, 15) is 4.79 Å². The first-order valence-corrected chi connectivity index (χ1v) is 7.22. The van der Waals surface area contributed by atoms with E-state index in [1.165, 1.54) is 5.56 Å². The van der Waals surface area contributed by atoms with E-state index in [0.717, 1.165) is 31.6 Å². The predicted octanol–water partition coefficient (Wildman–Crippen LogP) is 2.13. The van der Waals surface area contributed by atoms with Crippen molar-refractivity contribution in [3.05, 3.63) is 29.8 Å². The summed E-state index contributed by atoms with van der Waals surface area (Å²) < 4.78 is 5.13. The van der Waals surface area contributed by atoms with Crippen LogP contribution in [0, 0.1) is 0 Å². The molecule has 1 aromatic carbocycles. The molecule has 4 nitrogen and oxygen atoms in total. The van der Waals surface area contributed by atoms with Crippen LogP contribution in [-0.4, -0.2) is 32.7 Å². The number of ether oxygens (including phenoxy) is 1. The molecule has 0 aromatic heterocycles. The average Bonchev–Trinajstić information content (AvgIpc) is 2.46. The molecule has 0 bridgehead atoms. The van der Waals surface area contributed by atoms with Crippen LogP contribution in [0.3, 0.4) is 0 Å². The lowest BCUT2D eigenvalue weighted by molar-refractivity contribution is -0.121. The standard InChI is InChI=1S/C16H26N2O2/c1-13(18-16(19)5-4-12-17-2)6-7-14-8-10-15(20-3)11-9-14/h8-11,13,17H,4-7,12H2,1-3H3,(H,18,19). The molecule has 1 amide bonds. The van der Waals surface area contributed by atoms with Crippen molar-refractivity contribution in [2.75, 3.05) is 20.7 Å². The highest BCUT2D eigenvalue weighted by molar-refractivity contribution is 5.76. The van der Waals surface area contributed by atoms with E-state index in [0.29, 0.717) is 6.42 Å². The first-order chi connectivity index (χ1) is 9.65. The van der Waals surface area contributed by atoms with Gasteiger partial charge in [0.1, 0.15) is 5.75 Å². The minimum atomic E-state index is 0.141. The van der Waals surface area contributed by atoms with Crippen LogP contribution in [0.2, 0.25) is 0 Å². The molecular weight excluding hydrogens is 252 g/mol. The lowest BCUT2D eigenvalue weighted by Gasteiger charge is -2.14. The Morgan fingerprint density at radius 3 is 2.60 bits per heavy atom. The number of rotatable bonds is 9. The number of methoxy groups -OCH3 is 1. The van der Waals surface area contributed by atoms with Crippen LogP contribution >= 0.6 is 0 Å². The van der Waals surface area contributed by atoms with Crippen molar-refractivity contribution in [1.29, 1.82) is 0 Å². The molecule has 112 valence electrons. The van der Waals surface area contributed by atoms with Crippen molar-refractivity contribution in [2.24, 2.45) is 0 Å². The molecular formula is C16H26N2O2. The molecule has 2 N–H and O–H groups in total. The molecule has 20 heavy (non-hydrogen) atoms. The highest BCUT2D eigenvalue weighted by atomic mass is 16.5. The number of aryl methyl sites for hydroxylation is 1. The number of hydrogen-bond acceptors (Lipinski definition) is 3. The van der Waals surface area contributed by atoms with Crippen molar-refractivity contribution < 1.29 is 9.53 Å². The van der Waals surface area contributed by atoms with Gasteiger partial charge in [-0.2, -0.15) is 0 Å². The first-order valence-electron chi connectivity index (χ1n) is 7.22. The van der Waals surface area contributed by atoms with Crippen LogP contribution in [0.5, 0.6) is 5.75 Å². The van der Waals surface area contributed by atoms with Gasteiger partial charge in [0.2, 0.25) is 5.91 Å². The zero-order valence-corrected chi connectivity index (χ0v) is 12.7. The number of amides is 1. The van der Waals surface area contributed by atoms with Gasteiger partial charge in [-0.15, -0.1) is 0 Å². The Labute approximate surface area is 121 Å². The minimum Gasteiger partial charge on any atom is -0.497 e. The van der Waals surface area contributed by atoms with Crippen molar-refractivity contribution in [3.8, 4) is 5.75 Å². The van der Waals surface area contributed by atoms with Gasteiger partial charge in [0, 0.05) is 12.5 Å². The van der Waals surface area contributed by atoms with E-state index in [1.807, 2.05) is 19.2 Å². The van der Waals surface area contributed by atoms with E-state index < -0.39 is 0 Å². The summed E-state index contributed by atoms with van der Waals surface area (Å²) in [6.45, 7) is 2.94. The Hall–Kier alpha value is -1.55. The monoisotopic (exact) mass is 278 g/mol. The van der Waals surface area contributed by atoms with Gasteiger partial charge in [-0.25, -0.2) is 0 Å². The normalized spacial score (nSPS) is 11.9. The largest absolute Gasteiger partial charge is 0.497 e. The first kappa shape index (κ1) is 16.5.